The lowest BCUT2D eigenvalue weighted by molar-refractivity contribution is 0.0162. The first-order valence-electron chi connectivity index (χ1n) is 4.32. The van der Waals surface area contributed by atoms with E-state index in [1.807, 2.05) is 0 Å². The van der Waals surface area contributed by atoms with Gasteiger partial charge in [-0.1, -0.05) is 24.2 Å². The summed E-state index contributed by atoms with van der Waals surface area (Å²) in [6, 6.07) is 1.92. The first-order valence-corrected chi connectivity index (χ1v) is 4.70. The maximum atomic E-state index is 13.5. The smallest absolute Gasteiger partial charge is 0.271 e. The summed E-state index contributed by atoms with van der Waals surface area (Å²) in [7, 11) is 0. The summed E-state index contributed by atoms with van der Waals surface area (Å²) in [6.07, 6.45) is 0.768. The van der Waals surface area contributed by atoms with Crippen LogP contribution in [0.5, 0.6) is 0 Å². The quantitative estimate of drug-likeness (QED) is 0.585. The van der Waals surface area contributed by atoms with Crippen molar-refractivity contribution in [2.45, 2.75) is 12.8 Å². The predicted molar refractivity (Wildman–Crippen MR) is 55.5 cm³/mol. The topological polar surface area (TPSA) is 17.1 Å². The molecule has 0 bridgehead atoms. The highest BCUT2D eigenvalue weighted by Crippen LogP contribution is 2.33. The fourth-order valence-electron chi connectivity index (χ4n) is 1.26. The van der Waals surface area contributed by atoms with Crippen molar-refractivity contribution < 1.29 is 18.0 Å². The van der Waals surface area contributed by atoms with E-state index in [-0.39, 0.29) is 5.02 Å². The standard InChI is InChI=1S/C11H8ClF3O/c1-3-8(16)9-6(11(2,14)15)4-5-7(12)10(9)13/h3-5H,1H2,2H3. The third-order valence-electron chi connectivity index (χ3n) is 2.00. The van der Waals surface area contributed by atoms with E-state index in [0.717, 1.165) is 18.2 Å². The van der Waals surface area contributed by atoms with Gasteiger partial charge in [0.05, 0.1) is 10.6 Å². The van der Waals surface area contributed by atoms with Crippen LogP contribution in [0.4, 0.5) is 13.2 Å². The van der Waals surface area contributed by atoms with Gasteiger partial charge >= 0.3 is 0 Å². The van der Waals surface area contributed by atoms with Gasteiger partial charge in [-0.25, -0.2) is 13.2 Å². The van der Waals surface area contributed by atoms with Gasteiger partial charge in [-0.3, -0.25) is 4.79 Å². The van der Waals surface area contributed by atoms with Crippen molar-refractivity contribution in [3.8, 4) is 0 Å². The molecule has 0 aliphatic heterocycles. The van der Waals surface area contributed by atoms with E-state index < -0.39 is 28.6 Å². The minimum Gasteiger partial charge on any atom is -0.289 e. The molecule has 16 heavy (non-hydrogen) atoms. The number of allylic oxidation sites excluding steroid dienone is 1. The van der Waals surface area contributed by atoms with Crippen LogP contribution in [0.2, 0.25) is 5.02 Å². The number of carbonyl (C=O) groups excluding carboxylic acids is 1. The van der Waals surface area contributed by atoms with E-state index in [9.17, 15) is 18.0 Å². The minimum atomic E-state index is -3.32. The van der Waals surface area contributed by atoms with Crippen LogP contribution in [0, 0.1) is 5.82 Å². The van der Waals surface area contributed by atoms with Crippen LogP contribution >= 0.6 is 11.6 Å². The third kappa shape index (κ3) is 2.27. The number of halogens is 4. The number of rotatable bonds is 3. The average molecular weight is 249 g/mol. The monoisotopic (exact) mass is 248 g/mol. The number of alkyl halides is 2. The zero-order valence-corrected chi connectivity index (χ0v) is 9.12. The van der Waals surface area contributed by atoms with Gasteiger partial charge < -0.3 is 0 Å². The van der Waals surface area contributed by atoms with Crippen LogP contribution in [0.15, 0.2) is 24.8 Å². The van der Waals surface area contributed by atoms with Gasteiger partial charge in [0.25, 0.3) is 5.92 Å². The fourth-order valence-corrected chi connectivity index (χ4v) is 1.42. The Bertz CT molecular complexity index is 449. The molecule has 1 aromatic carbocycles. The molecule has 1 rings (SSSR count). The first kappa shape index (κ1) is 12.8. The maximum Gasteiger partial charge on any atom is 0.271 e. The summed E-state index contributed by atoms with van der Waals surface area (Å²) >= 11 is 5.43. The molecule has 0 atom stereocenters. The van der Waals surface area contributed by atoms with Crippen molar-refractivity contribution in [2.75, 3.05) is 0 Å². The van der Waals surface area contributed by atoms with Gasteiger partial charge in [-0.2, -0.15) is 0 Å². The summed E-state index contributed by atoms with van der Waals surface area (Å²) < 4.78 is 39.8. The SMILES string of the molecule is C=CC(=O)c1c(C(C)(F)F)ccc(Cl)c1F. The van der Waals surface area contributed by atoms with Crippen LogP contribution in [-0.4, -0.2) is 5.78 Å². The summed E-state index contributed by atoms with van der Waals surface area (Å²) in [6.45, 7) is 3.71. The molecule has 1 nitrogen and oxygen atoms in total. The molecule has 0 amide bonds. The minimum absolute atomic E-state index is 0.377. The lowest BCUT2D eigenvalue weighted by Crippen LogP contribution is -2.15. The molecule has 0 unspecified atom stereocenters. The van der Waals surface area contributed by atoms with Crippen molar-refractivity contribution >= 4 is 17.4 Å². The lowest BCUT2D eigenvalue weighted by Gasteiger charge is -2.15. The van der Waals surface area contributed by atoms with E-state index in [1.54, 1.807) is 0 Å². The molecule has 0 N–H and O–H groups in total. The molecular formula is C11H8ClF3O. The molecule has 0 spiro atoms. The van der Waals surface area contributed by atoms with Crippen LogP contribution in [-0.2, 0) is 5.92 Å². The Labute approximate surface area is 95.5 Å². The van der Waals surface area contributed by atoms with Crippen LogP contribution < -0.4 is 0 Å². The Morgan fingerprint density at radius 1 is 1.50 bits per heavy atom. The van der Waals surface area contributed by atoms with Crippen LogP contribution in [0.3, 0.4) is 0 Å². The second-order valence-electron chi connectivity index (χ2n) is 3.24. The average Bonchev–Trinajstić information content (AvgIpc) is 2.19. The summed E-state index contributed by atoms with van der Waals surface area (Å²) in [4.78, 5) is 11.3. The molecule has 0 saturated heterocycles. The van der Waals surface area contributed by atoms with E-state index in [0.29, 0.717) is 6.92 Å². The Kier molecular flexibility index (Phi) is 3.43. The largest absolute Gasteiger partial charge is 0.289 e. The second kappa shape index (κ2) is 4.29. The molecule has 0 fully saturated rings. The molecule has 0 saturated carbocycles. The Balaban J connectivity index is 3.57. The number of carbonyl (C=O) groups is 1. The van der Waals surface area contributed by atoms with Gasteiger partial charge in [0, 0.05) is 12.5 Å². The van der Waals surface area contributed by atoms with E-state index in [4.69, 9.17) is 11.6 Å². The van der Waals surface area contributed by atoms with Crippen molar-refractivity contribution in [3.05, 3.63) is 46.8 Å². The van der Waals surface area contributed by atoms with Crippen molar-refractivity contribution in [1.29, 1.82) is 0 Å². The van der Waals surface area contributed by atoms with Gasteiger partial charge in [0.2, 0.25) is 0 Å². The van der Waals surface area contributed by atoms with Gasteiger partial charge in [0.15, 0.2) is 11.6 Å². The zero-order valence-electron chi connectivity index (χ0n) is 8.36. The third-order valence-corrected chi connectivity index (χ3v) is 2.29. The predicted octanol–water partition coefficient (Wildman–Crippen LogP) is 3.96. The lowest BCUT2D eigenvalue weighted by atomic mass is 9.98. The molecule has 0 heterocycles. The van der Waals surface area contributed by atoms with Crippen molar-refractivity contribution in [2.24, 2.45) is 0 Å². The summed E-state index contributed by atoms with van der Waals surface area (Å²) in [5, 5.41) is -0.377. The van der Waals surface area contributed by atoms with Gasteiger partial charge in [-0.05, 0) is 12.1 Å². The molecule has 0 radical (unpaired) electrons. The summed E-state index contributed by atoms with van der Waals surface area (Å²) in [5.41, 5.74) is -1.42. The molecule has 0 aromatic heterocycles. The van der Waals surface area contributed by atoms with E-state index in [1.165, 1.54) is 0 Å². The van der Waals surface area contributed by atoms with E-state index in [2.05, 4.69) is 6.58 Å². The molecule has 5 heteroatoms. The second-order valence-corrected chi connectivity index (χ2v) is 3.65. The normalized spacial score (nSPS) is 11.3. The molecule has 0 aliphatic rings. The fraction of sp³-hybridized carbons (Fsp3) is 0.182. The molecule has 1 aromatic rings. The van der Waals surface area contributed by atoms with Crippen LogP contribution in [0.25, 0.3) is 0 Å². The maximum absolute atomic E-state index is 13.5. The molecule has 86 valence electrons. The highest BCUT2D eigenvalue weighted by Gasteiger charge is 2.32. The highest BCUT2D eigenvalue weighted by molar-refractivity contribution is 6.31. The molecule has 0 aliphatic carbocycles. The van der Waals surface area contributed by atoms with Crippen molar-refractivity contribution in [1.82, 2.24) is 0 Å². The number of benzene rings is 1. The highest BCUT2D eigenvalue weighted by atomic mass is 35.5. The Morgan fingerprint density at radius 3 is 2.50 bits per heavy atom. The first-order chi connectivity index (χ1) is 7.29. The van der Waals surface area contributed by atoms with E-state index >= 15 is 0 Å². The summed E-state index contributed by atoms with van der Waals surface area (Å²) in [5.74, 6) is -5.39. The number of ketones is 1. The van der Waals surface area contributed by atoms with Gasteiger partial charge in [-0.15, -0.1) is 0 Å². The number of hydrogen-bond acceptors (Lipinski definition) is 1. The Morgan fingerprint density at radius 2 is 2.06 bits per heavy atom. The zero-order chi connectivity index (χ0) is 12.5. The Hall–Kier alpha value is -1.29. The molecular weight excluding hydrogens is 241 g/mol. The number of hydrogen-bond donors (Lipinski definition) is 0. The van der Waals surface area contributed by atoms with Crippen molar-refractivity contribution in [3.63, 3.8) is 0 Å². The van der Waals surface area contributed by atoms with Crippen LogP contribution in [0.1, 0.15) is 22.8 Å². The van der Waals surface area contributed by atoms with Gasteiger partial charge in [0.1, 0.15) is 0 Å².